The van der Waals surface area contributed by atoms with Crippen molar-refractivity contribution in [2.45, 2.75) is 57.1 Å². The Bertz CT molecular complexity index is 1300. The maximum atomic E-state index is 13.8. The van der Waals surface area contributed by atoms with E-state index >= 15 is 0 Å². The molecule has 5 rings (SSSR count). The highest BCUT2D eigenvalue weighted by molar-refractivity contribution is 6.09. The standard InChI is InChI=1S/C28H34N4O3/c1-18-16-28(18,26(29)30-34)32-23-11-10-19(20-12-13-35-27(2,3)17-20)14-21(23)15-24(32)25(33)31(4)22-8-6-5-7-9-22/h5-11,14-15,18,20,34H,12-13,16-17H2,1-4H3,(H2,29,30)/t18-,20-,28+/m0/s1. The molecule has 1 aliphatic carbocycles. The van der Waals surface area contributed by atoms with Gasteiger partial charge in [-0.15, -0.1) is 0 Å². The van der Waals surface area contributed by atoms with Gasteiger partial charge in [0, 0.05) is 30.2 Å². The highest BCUT2D eigenvalue weighted by Gasteiger charge is 2.58. The molecule has 0 radical (unpaired) electrons. The number of carbonyl (C=O) groups excluding carboxylic acids is 1. The van der Waals surface area contributed by atoms with Crippen LogP contribution in [-0.4, -0.2) is 40.8 Å². The Labute approximate surface area is 206 Å². The van der Waals surface area contributed by atoms with Crippen molar-refractivity contribution in [3.8, 4) is 0 Å². The van der Waals surface area contributed by atoms with Crippen molar-refractivity contribution in [3.05, 3.63) is 65.9 Å². The first-order valence-corrected chi connectivity index (χ1v) is 12.3. The van der Waals surface area contributed by atoms with Gasteiger partial charge in [0.15, 0.2) is 5.84 Å². The van der Waals surface area contributed by atoms with E-state index in [-0.39, 0.29) is 23.3 Å². The molecule has 2 aliphatic rings. The number of amidine groups is 1. The van der Waals surface area contributed by atoms with Crippen LogP contribution in [0.25, 0.3) is 10.9 Å². The molecule has 7 nitrogen and oxygen atoms in total. The van der Waals surface area contributed by atoms with Crippen LogP contribution in [-0.2, 0) is 10.3 Å². The summed E-state index contributed by atoms with van der Waals surface area (Å²) in [5, 5.41) is 14.0. The third-order valence-corrected chi connectivity index (χ3v) is 7.88. The molecule has 1 aliphatic heterocycles. The topological polar surface area (TPSA) is 93.1 Å². The maximum Gasteiger partial charge on any atom is 0.274 e. The number of nitrogens with two attached hydrogens (primary N) is 1. The van der Waals surface area contributed by atoms with E-state index in [1.165, 1.54) is 5.56 Å². The number of oxime groups is 1. The Morgan fingerprint density at radius 3 is 2.51 bits per heavy atom. The van der Waals surface area contributed by atoms with Crippen LogP contribution in [0.5, 0.6) is 0 Å². The van der Waals surface area contributed by atoms with Gasteiger partial charge in [-0.05, 0) is 80.8 Å². The van der Waals surface area contributed by atoms with Gasteiger partial charge in [0.25, 0.3) is 5.91 Å². The van der Waals surface area contributed by atoms with Gasteiger partial charge < -0.3 is 25.1 Å². The van der Waals surface area contributed by atoms with Crippen molar-refractivity contribution in [2.24, 2.45) is 16.8 Å². The number of para-hydroxylation sites is 1. The number of rotatable bonds is 5. The van der Waals surface area contributed by atoms with E-state index in [2.05, 4.69) is 44.1 Å². The number of benzene rings is 2. The molecular weight excluding hydrogens is 440 g/mol. The van der Waals surface area contributed by atoms with Gasteiger partial charge in [0.1, 0.15) is 11.2 Å². The summed E-state index contributed by atoms with van der Waals surface area (Å²) < 4.78 is 7.93. The largest absolute Gasteiger partial charge is 0.409 e. The van der Waals surface area contributed by atoms with Crippen LogP contribution >= 0.6 is 0 Å². The third kappa shape index (κ3) is 3.88. The monoisotopic (exact) mass is 474 g/mol. The van der Waals surface area contributed by atoms with Gasteiger partial charge in [0.2, 0.25) is 0 Å². The smallest absolute Gasteiger partial charge is 0.274 e. The molecule has 0 bridgehead atoms. The van der Waals surface area contributed by atoms with Crippen molar-refractivity contribution in [2.75, 3.05) is 18.6 Å². The number of hydrogen-bond acceptors (Lipinski definition) is 4. The molecule has 2 aromatic carbocycles. The fourth-order valence-corrected chi connectivity index (χ4v) is 5.81. The molecular formula is C28H34N4O3. The molecule has 0 spiro atoms. The fraction of sp³-hybridized carbons (Fsp3) is 0.429. The molecule has 1 saturated carbocycles. The van der Waals surface area contributed by atoms with Crippen LogP contribution in [0, 0.1) is 5.92 Å². The second-order valence-corrected chi connectivity index (χ2v) is 10.7. The van der Waals surface area contributed by atoms with E-state index in [0.717, 1.165) is 36.0 Å². The number of amides is 1. The number of anilines is 1. The first-order chi connectivity index (χ1) is 16.7. The fourth-order valence-electron chi connectivity index (χ4n) is 5.81. The number of ether oxygens (including phenoxy) is 1. The van der Waals surface area contributed by atoms with Gasteiger partial charge in [0.05, 0.1) is 5.60 Å². The first kappa shape index (κ1) is 23.4. The number of aromatic nitrogens is 1. The minimum Gasteiger partial charge on any atom is -0.409 e. The van der Waals surface area contributed by atoms with Crippen LogP contribution in [0.15, 0.2) is 59.8 Å². The van der Waals surface area contributed by atoms with Crippen LogP contribution in [0.4, 0.5) is 5.69 Å². The summed E-state index contributed by atoms with van der Waals surface area (Å²) in [5.41, 5.74) is 8.90. The average molecular weight is 475 g/mol. The zero-order valence-corrected chi connectivity index (χ0v) is 20.9. The third-order valence-electron chi connectivity index (χ3n) is 7.88. The lowest BCUT2D eigenvalue weighted by Crippen LogP contribution is -2.39. The van der Waals surface area contributed by atoms with E-state index in [0.29, 0.717) is 18.0 Å². The van der Waals surface area contributed by atoms with Gasteiger partial charge in [-0.1, -0.05) is 36.3 Å². The Morgan fingerprint density at radius 2 is 1.89 bits per heavy atom. The van der Waals surface area contributed by atoms with Crippen molar-refractivity contribution in [1.29, 1.82) is 0 Å². The molecule has 3 aromatic rings. The summed E-state index contributed by atoms with van der Waals surface area (Å²) in [5.74, 6) is 0.536. The van der Waals surface area contributed by atoms with Crippen molar-refractivity contribution in [3.63, 3.8) is 0 Å². The quantitative estimate of drug-likeness (QED) is 0.234. The summed E-state index contributed by atoms with van der Waals surface area (Å²) in [6.45, 7) is 7.09. The van der Waals surface area contributed by atoms with E-state index in [1.54, 1.807) is 11.9 Å². The molecule has 7 heteroatoms. The van der Waals surface area contributed by atoms with Crippen LogP contribution < -0.4 is 10.6 Å². The van der Waals surface area contributed by atoms with Crippen LogP contribution in [0.1, 0.15) is 62.0 Å². The number of nitrogens with zero attached hydrogens (tertiary/aromatic N) is 3. The average Bonchev–Trinajstić information content (AvgIpc) is 3.38. The molecule has 35 heavy (non-hydrogen) atoms. The Kier molecular flexibility index (Phi) is 5.63. The summed E-state index contributed by atoms with van der Waals surface area (Å²) in [7, 11) is 1.78. The van der Waals surface area contributed by atoms with E-state index in [9.17, 15) is 10.0 Å². The van der Waals surface area contributed by atoms with Crippen molar-refractivity contribution < 1.29 is 14.7 Å². The molecule has 1 aromatic heterocycles. The second kappa shape index (κ2) is 8.41. The second-order valence-electron chi connectivity index (χ2n) is 10.7. The number of hydrogen-bond donors (Lipinski definition) is 2. The molecule has 3 atom stereocenters. The lowest BCUT2D eigenvalue weighted by Gasteiger charge is -2.35. The lowest BCUT2D eigenvalue weighted by atomic mass is 9.83. The predicted octanol–water partition coefficient (Wildman–Crippen LogP) is 5.07. The first-order valence-electron chi connectivity index (χ1n) is 12.3. The summed E-state index contributed by atoms with van der Waals surface area (Å²) in [6, 6.07) is 18.0. The molecule has 3 N–H and O–H groups in total. The molecule has 184 valence electrons. The zero-order chi connectivity index (χ0) is 25.0. The molecule has 0 unspecified atom stereocenters. The van der Waals surface area contributed by atoms with E-state index in [4.69, 9.17) is 10.5 Å². The van der Waals surface area contributed by atoms with Gasteiger partial charge in [-0.3, -0.25) is 4.79 Å². The van der Waals surface area contributed by atoms with Crippen LogP contribution in [0.2, 0.25) is 0 Å². The zero-order valence-electron chi connectivity index (χ0n) is 20.9. The Balaban J connectivity index is 1.64. The highest BCUT2D eigenvalue weighted by Crippen LogP contribution is 2.53. The Morgan fingerprint density at radius 1 is 1.17 bits per heavy atom. The van der Waals surface area contributed by atoms with Gasteiger partial charge >= 0.3 is 0 Å². The summed E-state index contributed by atoms with van der Waals surface area (Å²) in [4.78, 5) is 15.5. The molecule has 2 heterocycles. The molecule has 2 fully saturated rings. The number of carbonyl (C=O) groups is 1. The lowest BCUT2D eigenvalue weighted by molar-refractivity contribution is -0.0592. The minimum absolute atomic E-state index is 0.133. The summed E-state index contributed by atoms with van der Waals surface area (Å²) >= 11 is 0. The molecule has 1 amide bonds. The normalized spacial score (nSPS) is 26.0. The van der Waals surface area contributed by atoms with E-state index in [1.807, 2.05) is 41.0 Å². The minimum atomic E-state index is -0.721. The van der Waals surface area contributed by atoms with Crippen LogP contribution in [0.3, 0.4) is 0 Å². The van der Waals surface area contributed by atoms with Crippen molar-refractivity contribution in [1.82, 2.24) is 4.57 Å². The molecule has 1 saturated heterocycles. The Hall–Kier alpha value is -3.32. The van der Waals surface area contributed by atoms with Gasteiger partial charge in [-0.25, -0.2) is 0 Å². The van der Waals surface area contributed by atoms with E-state index < -0.39 is 5.54 Å². The highest BCUT2D eigenvalue weighted by atomic mass is 16.5. The summed E-state index contributed by atoms with van der Waals surface area (Å²) in [6.07, 6.45) is 2.63. The van der Waals surface area contributed by atoms with Crippen molar-refractivity contribution >= 4 is 28.3 Å². The number of fused-ring (bicyclic) bond motifs is 1. The van der Waals surface area contributed by atoms with Gasteiger partial charge in [-0.2, -0.15) is 0 Å². The SMILES string of the molecule is C[C@H]1C[C@@]1(/C(N)=N/O)n1c(C(=O)N(C)c2ccccc2)cc2cc([C@H]3CCOC(C)(C)C3)ccc21. The predicted molar refractivity (Wildman–Crippen MR) is 138 cm³/mol. The maximum absolute atomic E-state index is 13.8.